The Balaban J connectivity index is 2.11. The molecular weight excluding hydrogens is 234 g/mol. The van der Waals surface area contributed by atoms with Gasteiger partial charge in [0, 0.05) is 22.9 Å². The van der Waals surface area contributed by atoms with E-state index >= 15 is 0 Å². The molecule has 0 spiro atoms. The van der Waals surface area contributed by atoms with Gasteiger partial charge in [0.05, 0.1) is 11.2 Å². The number of fused-ring (bicyclic) bond motifs is 5. The second-order valence-electron chi connectivity index (χ2n) is 5.40. The van der Waals surface area contributed by atoms with Gasteiger partial charge in [0.25, 0.3) is 0 Å². The monoisotopic (exact) mass is 249 g/mol. The zero-order valence-corrected chi connectivity index (χ0v) is 11.0. The highest BCUT2D eigenvalue weighted by atomic mass is 16.3. The number of aryl methyl sites for hydroxylation is 2. The lowest BCUT2D eigenvalue weighted by Crippen LogP contribution is -1.86. The Morgan fingerprint density at radius 2 is 1.95 bits per heavy atom. The largest absolute Gasteiger partial charge is 0.507 e. The maximum Gasteiger partial charge on any atom is 0.123 e. The minimum Gasteiger partial charge on any atom is -0.507 e. The van der Waals surface area contributed by atoms with Crippen LogP contribution in [0.25, 0.3) is 22.2 Å². The molecule has 1 heterocycles. The number of nitrogens with one attached hydrogen (secondary N) is 1. The Labute approximate surface area is 111 Å². The lowest BCUT2D eigenvalue weighted by molar-refractivity contribution is 0.468. The standard InChI is InChI=1S/C17H15NO/c1-9-7-13-14-8-11-5-3-4-6-12(11)16(14)18-15(13)10(2)17(9)19/h3-7,18-19H,8H2,1-2H3. The van der Waals surface area contributed by atoms with Crippen LogP contribution in [0.4, 0.5) is 0 Å². The van der Waals surface area contributed by atoms with Gasteiger partial charge < -0.3 is 10.1 Å². The quantitative estimate of drug-likeness (QED) is 0.484. The van der Waals surface area contributed by atoms with E-state index < -0.39 is 0 Å². The molecule has 0 bridgehead atoms. The Morgan fingerprint density at radius 1 is 1.16 bits per heavy atom. The normalized spacial score (nSPS) is 12.7. The molecule has 0 amide bonds. The van der Waals surface area contributed by atoms with Crippen LogP contribution < -0.4 is 0 Å². The molecule has 0 saturated carbocycles. The average Bonchev–Trinajstić information content (AvgIpc) is 2.93. The highest BCUT2D eigenvalue weighted by Gasteiger charge is 2.24. The van der Waals surface area contributed by atoms with Crippen LogP contribution in [0.3, 0.4) is 0 Å². The minimum absolute atomic E-state index is 0.403. The van der Waals surface area contributed by atoms with Crippen LogP contribution in [0.1, 0.15) is 22.3 Å². The molecule has 0 radical (unpaired) electrons. The van der Waals surface area contributed by atoms with Crippen molar-refractivity contribution in [2.24, 2.45) is 0 Å². The van der Waals surface area contributed by atoms with E-state index in [1.54, 1.807) is 0 Å². The van der Waals surface area contributed by atoms with E-state index in [-0.39, 0.29) is 0 Å². The number of H-pyrrole nitrogens is 1. The molecule has 0 atom stereocenters. The molecule has 0 unspecified atom stereocenters. The molecule has 2 aromatic carbocycles. The summed E-state index contributed by atoms with van der Waals surface area (Å²) in [5.74, 6) is 0.403. The van der Waals surface area contributed by atoms with E-state index in [9.17, 15) is 5.11 Å². The van der Waals surface area contributed by atoms with Crippen molar-refractivity contribution >= 4 is 10.9 Å². The predicted molar refractivity (Wildman–Crippen MR) is 77.7 cm³/mol. The van der Waals surface area contributed by atoms with E-state index in [2.05, 4.69) is 35.3 Å². The maximum absolute atomic E-state index is 10.1. The molecule has 2 heteroatoms. The van der Waals surface area contributed by atoms with E-state index in [4.69, 9.17) is 0 Å². The summed E-state index contributed by atoms with van der Waals surface area (Å²) in [4.78, 5) is 3.51. The number of aromatic nitrogens is 1. The smallest absolute Gasteiger partial charge is 0.123 e. The highest BCUT2D eigenvalue weighted by Crippen LogP contribution is 2.42. The van der Waals surface area contributed by atoms with E-state index in [1.807, 2.05) is 13.8 Å². The molecule has 1 aliphatic rings. The summed E-state index contributed by atoms with van der Waals surface area (Å²) in [6.07, 6.45) is 0.981. The Kier molecular flexibility index (Phi) is 1.92. The first-order valence-electron chi connectivity index (χ1n) is 6.59. The number of aromatic hydroxyl groups is 1. The van der Waals surface area contributed by atoms with Crippen LogP contribution in [-0.2, 0) is 6.42 Å². The molecule has 94 valence electrons. The first-order chi connectivity index (χ1) is 9.16. The third-order valence-corrected chi connectivity index (χ3v) is 4.26. The SMILES string of the molecule is Cc1cc2c3c([nH]c2c(C)c1O)-c1ccccc1C3. The highest BCUT2D eigenvalue weighted by molar-refractivity contribution is 5.97. The van der Waals surface area contributed by atoms with Gasteiger partial charge in [-0.2, -0.15) is 0 Å². The minimum atomic E-state index is 0.403. The fourth-order valence-corrected chi connectivity index (χ4v) is 3.23. The molecule has 2 N–H and O–H groups in total. The second-order valence-corrected chi connectivity index (χ2v) is 5.40. The van der Waals surface area contributed by atoms with Crippen molar-refractivity contribution in [1.82, 2.24) is 4.98 Å². The van der Waals surface area contributed by atoms with Crippen LogP contribution >= 0.6 is 0 Å². The first-order valence-corrected chi connectivity index (χ1v) is 6.59. The zero-order chi connectivity index (χ0) is 13.1. The van der Waals surface area contributed by atoms with E-state index in [0.717, 1.165) is 23.1 Å². The second kappa shape index (κ2) is 3.41. The van der Waals surface area contributed by atoms with Gasteiger partial charge in [-0.1, -0.05) is 24.3 Å². The van der Waals surface area contributed by atoms with Crippen molar-refractivity contribution in [3.8, 4) is 17.0 Å². The Bertz CT molecular complexity index is 827. The molecule has 0 saturated heterocycles. The van der Waals surface area contributed by atoms with Crippen LogP contribution in [0, 0.1) is 13.8 Å². The molecular formula is C17H15NO. The number of hydrogen-bond acceptors (Lipinski definition) is 1. The lowest BCUT2D eigenvalue weighted by atomic mass is 10.0. The summed E-state index contributed by atoms with van der Waals surface area (Å²) in [7, 11) is 0. The molecule has 0 fully saturated rings. The Morgan fingerprint density at radius 3 is 2.79 bits per heavy atom. The lowest BCUT2D eigenvalue weighted by Gasteiger charge is -2.06. The fourth-order valence-electron chi connectivity index (χ4n) is 3.23. The average molecular weight is 249 g/mol. The molecule has 3 aromatic rings. The summed E-state index contributed by atoms with van der Waals surface area (Å²) >= 11 is 0. The number of hydrogen-bond donors (Lipinski definition) is 2. The number of aromatic amines is 1. The van der Waals surface area contributed by atoms with Crippen molar-refractivity contribution in [1.29, 1.82) is 0 Å². The van der Waals surface area contributed by atoms with E-state index in [1.165, 1.54) is 27.8 Å². The van der Waals surface area contributed by atoms with E-state index in [0.29, 0.717) is 5.75 Å². The third-order valence-electron chi connectivity index (χ3n) is 4.26. The first kappa shape index (κ1) is 10.7. The van der Waals surface area contributed by atoms with Gasteiger partial charge in [-0.15, -0.1) is 0 Å². The van der Waals surface area contributed by atoms with Crippen LogP contribution in [0.2, 0.25) is 0 Å². The fraction of sp³-hybridized carbons (Fsp3) is 0.176. The molecule has 1 aromatic heterocycles. The van der Waals surface area contributed by atoms with Crippen molar-refractivity contribution in [3.05, 3.63) is 52.6 Å². The van der Waals surface area contributed by atoms with Gasteiger partial charge in [0.15, 0.2) is 0 Å². The number of benzene rings is 2. The molecule has 2 nitrogen and oxygen atoms in total. The van der Waals surface area contributed by atoms with Crippen LogP contribution in [0.5, 0.6) is 5.75 Å². The van der Waals surface area contributed by atoms with Gasteiger partial charge in [0.2, 0.25) is 0 Å². The number of phenols is 1. The molecule has 4 rings (SSSR count). The van der Waals surface area contributed by atoms with Crippen molar-refractivity contribution < 1.29 is 5.11 Å². The summed E-state index contributed by atoms with van der Waals surface area (Å²) in [6, 6.07) is 10.6. The van der Waals surface area contributed by atoms with Gasteiger partial charge in [-0.3, -0.25) is 0 Å². The topological polar surface area (TPSA) is 36.0 Å². The van der Waals surface area contributed by atoms with Gasteiger partial charge in [-0.25, -0.2) is 0 Å². The number of rotatable bonds is 0. The number of phenolic OH excluding ortho intramolecular Hbond substituents is 1. The van der Waals surface area contributed by atoms with Gasteiger partial charge in [0.1, 0.15) is 5.75 Å². The van der Waals surface area contributed by atoms with Crippen molar-refractivity contribution in [2.75, 3.05) is 0 Å². The summed E-state index contributed by atoms with van der Waals surface area (Å²) in [6.45, 7) is 3.94. The molecule has 19 heavy (non-hydrogen) atoms. The molecule has 1 aliphatic carbocycles. The van der Waals surface area contributed by atoms with Crippen molar-refractivity contribution in [3.63, 3.8) is 0 Å². The molecule has 0 aliphatic heterocycles. The summed E-state index contributed by atoms with van der Waals surface area (Å²) in [5.41, 5.74) is 8.23. The van der Waals surface area contributed by atoms with Crippen LogP contribution in [-0.4, -0.2) is 10.1 Å². The van der Waals surface area contributed by atoms with Gasteiger partial charge >= 0.3 is 0 Å². The Hall–Kier alpha value is -2.22. The summed E-state index contributed by atoms with van der Waals surface area (Å²) in [5, 5.41) is 11.3. The third kappa shape index (κ3) is 1.26. The van der Waals surface area contributed by atoms with Crippen molar-refractivity contribution in [2.45, 2.75) is 20.3 Å². The predicted octanol–water partition coefficient (Wildman–Crippen LogP) is 4.06. The maximum atomic E-state index is 10.1. The van der Waals surface area contributed by atoms with Crippen LogP contribution in [0.15, 0.2) is 30.3 Å². The van der Waals surface area contributed by atoms with Gasteiger partial charge in [-0.05, 0) is 36.6 Å². The zero-order valence-electron chi connectivity index (χ0n) is 11.0. The summed E-state index contributed by atoms with van der Waals surface area (Å²) < 4.78 is 0.